The van der Waals surface area contributed by atoms with Gasteiger partial charge in [0.25, 0.3) is 5.91 Å². The van der Waals surface area contributed by atoms with Crippen LogP contribution in [0, 0.1) is 0 Å². The molecule has 36 heavy (non-hydrogen) atoms. The smallest absolute Gasteiger partial charge is 0.343 e. The molecule has 0 aliphatic carbocycles. The van der Waals surface area contributed by atoms with Crippen LogP contribution in [0.5, 0.6) is 23.0 Å². The van der Waals surface area contributed by atoms with E-state index < -0.39 is 11.9 Å². The largest absolute Gasteiger partial charge is 0.494 e. The standard InChI is InChI=1S/C27H27ClN2O6/c1-3-15-34-21-12-10-20(11-13-21)27(32)36-24-14-9-19(16-25(24)33-4-2)17-29-30-26(31)18-35-23-8-6-5-7-22(23)28/h5-14,16-17H,3-4,15,18H2,1-2H3,(H,30,31). The van der Waals surface area contributed by atoms with Crippen LogP contribution < -0.4 is 24.4 Å². The van der Waals surface area contributed by atoms with Crippen LogP contribution >= 0.6 is 11.6 Å². The Bertz CT molecular complexity index is 1200. The van der Waals surface area contributed by atoms with E-state index in [-0.39, 0.29) is 12.4 Å². The van der Waals surface area contributed by atoms with E-state index >= 15 is 0 Å². The van der Waals surface area contributed by atoms with Crippen LogP contribution in [0.1, 0.15) is 36.2 Å². The lowest BCUT2D eigenvalue weighted by molar-refractivity contribution is -0.123. The van der Waals surface area contributed by atoms with E-state index in [0.717, 1.165) is 6.42 Å². The molecular formula is C27H27ClN2O6. The van der Waals surface area contributed by atoms with Crippen molar-refractivity contribution in [3.63, 3.8) is 0 Å². The van der Waals surface area contributed by atoms with Crippen LogP contribution in [-0.4, -0.2) is 37.9 Å². The van der Waals surface area contributed by atoms with Crippen LogP contribution in [0.4, 0.5) is 0 Å². The first-order valence-corrected chi connectivity index (χ1v) is 11.8. The number of esters is 1. The summed E-state index contributed by atoms with van der Waals surface area (Å²) >= 11 is 6.00. The first-order valence-electron chi connectivity index (χ1n) is 11.4. The van der Waals surface area contributed by atoms with Crippen molar-refractivity contribution in [2.45, 2.75) is 20.3 Å². The van der Waals surface area contributed by atoms with Crippen molar-refractivity contribution in [3.8, 4) is 23.0 Å². The van der Waals surface area contributed by atoms with Gasteiger partial charge in [-0.15, -0.1) is 0 Å². The number of hydrogen-bond donors (Lipinski definition) is 1. The SMILES string of the molecule is CCCOc1ccc(C(=O)Oc2ccc(C=NNC(=O)COc3ccccc3Cl)cc2OCC)cc1. The van der Waals surface area contributed by atoms with E-state index in [1.165, 1.54) is 6.21 Å². The summed E-state index contributed by atoms with van der Waals surface area (Å²) in [7, 11) is 0. The second-order valence-electron chi connectivity index (χ2n) is 7.41. The highest BCUT2D eigenvalue weighted by Gasteiger charge is 2.14. The zero-order valence-electron chi connectivity index (χ0n) is 20.0. The monoisotopic (exact) mass is 510 g/mol. The molecule has 8 nitrogen and oxygen atoms in total. The average Bonchev–Trinajstić information content (AvgIpc) is 2.89. The van der Waals surface area contributed by atoms with E-state index in [9.17, 15) is 9.59 Å². The minimum absolute atomic E-state index is 0.244. The summed E-state index contributed by atoms with van der Waals surface area (Å²) in [5.74, 6) is 0.756. The second kappa shape index (κ2) is 13.7. The molecule has 1 N–H and O–H groups in total. The lowest BCUT2D eigenvalue weighted by Gasteiger charge is -2.12. The average molecular weight is 511 g/mol. The molecule has 1 amide bonds. The Balaban J connectivity index is 1.58. The third-order valence-corrected chi connectivity index (χ3v) is 4.94. The molecule has 0 unspecified atom stereocenters. The number of carbonyl (C=O) groups is 2. The number of ether oxygens (including phenoxy) is 4. The molecule has 3 aromatic rings. The van der Waals surface area contributed by atoms with Crippen LogP contribution in [0.3, 0.4) is 0 Å². The Hall–Kier alpha value is -4.04. The van der Waals surface area contributed by atoms with E-state index in [0.29, 0.717) is 46.6 Å². The summed E-state index contributed by atoms with van der Waals surface area (Å²) in [6.45, 7) is 4.57. The van der Waals surface area contributed by atoms with E-state index in [1.54, 1.807) is 66.7 Å². The Morgan fingerprint density at radius 3 is 2.42 bits per heavy atom. The summed E-state index contributed by atoms with van der Waals surface area (Å²) in [5, 5.41) is 4.35. The van der Waals surface area contributed by atoms with Gasteiger partial charge in [-0.25, -0.2) is 10.2 Å². The quantitative estimate of drug-likeness (QED) is 0.154. The van der Waals surface area contributed by atoms with Crippen molar-refractivity contribution < 1.29 is 28.5 Å². The van der Waals surface area contributed by atoms with Crippen molar-refractivity contribution in [1.29, 1.82) is 0 Å². The molecule has 0 atom stereocenters. The number of nitrogens with one attached hydrogen (secondary N) is 1. The maximum Gasteiger partial charge on any atom is 0.343 e. The lowest BCUT2D eigenvalue weighted by Crippen LogP contribution is -2.24. The number of benzene rings is 3. The lowest BCUT2D eigenvalue weighted by atomic mass is 10.2. The first-order chi connectivity index (χ1) is 17.5. The molecule has 0 fully saturated rings. The van der Waals surface area contributed by atoms with E-state index in [1.807, 2.05) is 13.8 Å². The summed E-state index contributed by atoms with van der Waals surface area (Å²) in [6.07, 6.45) is 2.34. The molecule has 3 aromatic carbocycles. The third-order valence-electron chi connectivity index (χ3n) is 4.63. The van der Waals surface area contributed by atoms with Crippen molar-refractivity contribution in [2.24, 2.45) is 5.10 Å². The first kappa shape index (κ1) is 26.6. The normalized spacial score (nSPS) is 10.6. The van der Waals surface area contributed by atoms with Crippen molar-refractivity contribution in [1.82, 2.24) is 5.43 Å². The highest BCUT2D eigenvalue weighted by molar-refractivity contribution is 6.32. The van der Waals surface area contributed by atoms with Gasteiger partial charge in [0.2, 0.25) is 0 Å². The van der Waals surface area contributed by atoms with Crippen LogP contribution in [0.25, 0.3) is 0 Å². The minimum Gasteiger partial charge on any atom is -0.494 e. The van der Waals surface area contributed by atoms with E-state index in [4.69, 9.17) is 30.5 Å². The Morgan fingerprint density at radius 1 is 0.917 bits per heavy atom. The van der Waals surface area contributed by atoms with Crippen molar-refractivity contribution in [2.75, 3.05) is 19.8 Å². The van der Waals surface area contributed by atoms with Crippen LogP contribution in [0.15, 0.2) is 71.8 Å². The molecule has 0 aromatic heterocycles. The Labute approximate surface area is 214 Å². The highest BCUT2D eigenvalue weighted by Crippen LogP contribution is 2.29. The van der Waals surface area contributed by atoms with Gasteiger partial charge in [0.05, 0.1) is 30.0 Å². The molecule has 0 heterocycles. The number of carbonyl (C=O) groups excluding carboxylic acids is 2. The Kier molecular flexibility index (Phi) is 10.1. The molecule has 0 saturated carbocycles. The fourth-order valence-corrected chi connectivity index (χ4v) is 3.13. The van der Waals surface area contributed by atoms with E-state index in [2.05, 4.69) is 10.5 Å². The molecule has 9 heteroatoms. The summed E-state index contributed by atoms with van der Waals surface area (Å²) in [6, 6.07) is 18.5. The zero-order chi connectivity index (χ0) is 25.8. The molecule has 0 radical (unpaired) electrons. The van der Waals surface area contributed by atoms with Gasteiger partial charge >= 0.3 is 5.97 Å². The van der Waals surface area contributed by atoms with Crippen LogP contribution in [-0.2, 0) is 4.79 Å². The molecule has 3 rings (SSSR count). The number of hydrogen-bond acceptors (Lipinski definition) is 7. The number of rotatable bonds is 12. The molecule has 0 bridgehead atoms. The molecule has 0 aliphatic rings. The number of hydrazone groups is 1. The fourth-order valence-electron chi connectivity index (χ4n) is 2.94. The van der Waals surface area contributed by atoms with Gasteiger partial charge in [-0.3, -0.25) is 4.79 Å². The van der Waals surface area contributed by atoms with Gasteiger partial charge in [-0.2, -0.15) is 5.10 Å². The molecule has 0 aliphatic heterocycles. The predicted octanol–water partition coefficient (Wildman–Crippen LogP) is 5.28. The van der Waals surface area contributed by atoms with Gasteiger partial charge in [0, 0.05) is 0 Å². The summed E-state index contributed by atoms with van der Waals surface area (Å²) in [5.41, 5.74) is 3.39. The topological polar surface area (TPSA) is 95.5 Å². The predicted molar refractivity (Wildman–Crippen MR) is 137 cm³/mol. The van der Waals surface area contributed by atoms with Gasteiger partial charge in [0.15, 0.2) is 18.1 Å². The number of amides is 1. The molecule has 188 valence electrons. The molecular weight excluding hydrogens is 484 g/mol. The van der Waals surface area contributed by atoms with Crippen molar-refractivity contribution in [3.05, 3.63) is 82.9 Å². The number of para-hydroxylation sites is 1. The minimum atomic E-state index is -0.523. The van der Waals surface area contributed by atoms with Crippen LogP contribution in [0.2, 0.25) is 5.02 Å². The fraction of sp³-hybridized carbons (Fsp3) is 0.222. The summed E-state index contributed by atoms with van der Waals surface area (Å²) < 4.78 is 22.1. The van der Waals surface area contributed by atoms with Gasteiger partial charge in [0.1, 0.15) is 11.5 Å². The van der Waals surface area contributed by atoms with Gasteiger partial charge < -0.3 is 18.9 Å². The molecule has 0 saturated heterocycles. The second-order valence-corrected chi connectivity index (χ2v) is 7.82. The molecule has 0 spiro atoms. The van der Waals surface area contributed by atoms with Gasteiger partial charge in [-0.1, -0.05) is 30.7 Å². The maximum atomic E-state index is 12.6. The summed E-state index contributed by atoms with van der Waals surface area (Å²) in [4.78, 5) is 24.6. The van der Waals surface area contributed by atoms with Gasteiger partial charge in [-0.05, 0) is 73.5 Å². The zero-order valence-corrected chi connectivity index (χ0v) is 20.8. The third kappa shape index (κ3) is 8.02. The maximum absolute atomic E-state index is 12.6. The number of halogens is 1. The Morgan fingerprint density at radius 2 is 1.69 bits per heavy atom. The van der Waals surface area contributed by atoms with Crippen molar-refractivity contribution >= 4 is 29.7 Å². The number of nitrogens with zero attached hydrogens (tertiary/aromatic N) is 1. The highest BCUT2D eigenvalue weighted by atomic mass is 35.5.